The summed E-state index contributed by atoms with van der Waals surface area (Å²) in [6.07, 6.45) is -33.3. The lowest BCUT2D eigenvalue weighted by molar-refractivity contribution is -0.253. The molecule has 107 heavy (non-hydrogen) atoms. The van der Waals surface area contributed by atoms with Gasteiger partial charge in [0.25, 0.3) is 0 Å². The third kappa shape index (κ3) is 19.9. The molecule has 29 heteroatoms. The van der Waals surface area contributed by atoms with Crippen LogP contribution in [0.25, 0.3) is 33.4 Å². The van der Waals surface area contributed by atoms with E-state index < -0.39 is 80.5 Å². The molecule has 4 aliphatic rings. The number of hydrogen-bond donors (Lipinski definition) is 3. The summed E-state index contributed by atoms with van der Waals surface area (Å²) in [4.78, 5) is 34.8. The summed E-state index contributed by atoms with van der Waals surface area (Å²) in [5.41, 5.74) is 13.5. The molecule has 0 spiro atoms. The fraction of sp³-hybridized carbons (Fsp3) is 0.269. The molecule has 0 bridgehead atoms. The Morgan fingerprint density at radius 1 is 0.449 bits per heavy atom. The van der Waals surface area contributed by atoms with Gasteiger partial charge in [-0.3, -0.25) is 14.4 Å². The van der Waals surface area contributed by atoms with E-state index in [-0.39, 0.29) is 43.6 Å². The minimum atomic E-state index is -4.93. The van der Waals surface area contributed by atoms with E-state index in [9.17, 15) is 98.5 Å². The molecule has 9 aromatic rings. The number of carbonyl (C=O) groups excluding carboxylic acids is 3. The standard InChI is InChI=1S/C27H22F7NO3.2C24H19F4NO2.C3H3F3O.H2/c28-25(29)27(33,34)38-19-7-2-6-18(13-19)22-11-10-21-20(17-5-1-4-16(12-17)15-36)8-3-9-23(21)35(22)14-24(37)26(30,31)32;2*25-23(26)24(27,28)31-18-7-2-6-17(13-18)21-11-10-20-19(8-3-9-22(20)29-21)16-5-1-4-15(12-16)14-30;4-3(5,6)2-1-7-2;/h1-9,12-13,15,22,24-25,37H,10-11,14H2;2*1-9,12-14,21,23,29H,10-11H2;2H,1H2;1H. The number of benzene rings is 9. The van der Waals surface area contributed by atoms with Gasteiger partial charge in [-0.25, -0.2) is 0 Å². The highest BCUT2D eigenvalue weighted by atomic mass is 19.4. The van der Waals surface area contributed by atoms with E-state index in [4.69, 9.17) is 0 Å². The third-order valence-electron chi connectivity index (χ3n) is 17.6. The molecule has 1 saturated heterocycles. The molecule has 4 aliphatic heterocycles. The van der Waals surface area contributed by atoms with Crippen LogP contribution in [0.3, 0.4) is 0 Å². The summed E-state index contributed by atoms with van der Waals surface area (Å²) in [6.45, 7) is -1.01. The second-order valence-corrected chi connectivity index (χ2v) is 24.9. The minimum Gasteiger partial charge on any atom is -0.428 e. The van der Waals surface area contributed by atoms with Gasteiger partial charge in [-0.1, -0.05) is 127 Å². The number of aldehydes is 3. The van der Waals surface area contributed by atoms with Crippen molar-refractivity contribution in [2.24, 2.45) is 0 Å². The van der Waals surface area contributed by atoms with Gasteiger partial charge in [0.2, 0.25) is 0 Å². The summed E-state index contributed by atoms with van der Waals surface area (Å²) in [6, 6.07) is 53.4. The zero-order valence-electron chi connectivity index (χ0n) is 55.6. The monoisotopic (exact) mass is 1510 g/mol. The van der Waals surface area contributed by atoms with Crippen LogP contribution < -0.4 is 29.7 Å². The molecule has 5 atom stereocenters. The van der Waals surface area contributed by atoms with Crippen molar-refractivity contribution in [2.45, 2.75) is 119 Å². The van der Waals surface area contributed by atoms with E-state index >= 15 is 0 Å². The van der Waals surface area contributed by atoms with Crippen LogP contribution in [0.1, 0.15) is 103 Å². The lowest BCUT2D eigenvalue weighted by Gasteiger charge is -2.41. The summed E-state index contributed by atoms with van der Waals surface area (Å²) in [5.74, 6) is -1.20. The Kier molecular flexibility index (Phi) is 24.7. The van der Waals surface area contributed by atoms with Crippen LogP contribution in [0, 0.1) is 0 Å². The third-order valence-corrected chi connectivity index (χ3v) is 17.6. The molecule has 0 aromatic heterocycles. The maximum atomic E-state index is 13.5. The highest BCUT2D eigenvalue weighted by molar-refractivity contribution is 5.84. The lowest BCUT2D eigenvalue weighted by atomic mass is 9.86. The molecular weight excluding hydrogens is 1450 g/mol. The van der Waals surface area contributed by atoms with Crippen LogP contribution in [0.4, 0.5) is 96.1 Å². The summed E-state index contributed by atoms with van der Waals surface area (Å²) >= 11 is 0. The van der Waals surface area contributed by atoms with Gasteiger partial charge in [0.05, 0.1) is 31.3 Å². The number of rotatable bonds is 20. The molecular formula is C78H65F18N3O8. The summed E-state index contributed by atoms with van der Waals surface area (Å²) in [5, 5.41) is 16.7. The first-order valence-electron chi connectivity index (χ1n) is 32.9. The number of aliphatic hydroxyl groups is 1. The van der Waals surface area contributed by atoms with E-state index in [0.717, 1.165) is 69.5 Å². The zero-order chi connectivity index (χ0) is 77.2. The van der Waals surface area contributed by atoms with Gasteiger partial charge >= 0.3 is 50.0 Å². The van der Waals surface area contributed by atoms with Crippen LogP contribution >= 0.6 is 0 Å². The Hall–Kier alpha value is -10.6. The van der Waals surface area contributed by atoms with Crippen LogP contribution in [0.2, 0.25) is 0 Å². The van der Waals surface area contributed by atoms with E-state index in [0.29, 0.717) is 88.6 Å². The highest BCUT2D eigenvalue weighted by Gasteiger charge is 2.50. The number of halogens is 18. The van der Waals surface area contributed by atoms with E-state index in [1.807, 2.05) is 72.8 Å². The second-order valence-electron chi connectivity index (χ2n) is 24.9. The van der Waals surface area contributed by atoms with E-state index in [2.05, 4.69) is 29.6 Å². The number of hydrogen-bond acceptors (Lipinski definition) is 11. The Balaban J connectivity index is 0.000000178. The molecule has 0 radical (unpaired) electrons. The normalized spacial score (nSPS) is 17.1. The Morgan fingerprint density at radius 3 is 1.15 bits per heavy atom. The van der Waals surface area contributed by atoms with Gasteiger partial charge in [-0.2, -0.15) is 79.0 Å². The maximum Gasteiger partial charge on any atom is 0.461 e. The first-order chi connectivity index (χ1) is 50.7. The van der Waals surface area contributed by atoms with Crippen LogP contribution in [0.15, 0.2) is 200 Å². The number of carbonyl (C=O) groups is 3. The number of nitrogens with one attached hydrogen (secondary N) is 2. The zero-order valence-corrected chi connectivity index (χ0v) is 55.6. The average molecular weight is 1510 g/mol. The van der Waals surface area contributed by atoms with Gasteiger partial charge in [0.15, 0.2) is 12.2 Å². The van der Waals surface area contributed by atoms with Crippen LogP contribution in [0.5, 0.6) is 17.2 Å². The number of epoxide rings is 1. The second kappa shape index (κ2) is 33.5. The predicted octanol–water partition coefficient (Wildman–Crippen LogP) is 21.0. The van der Waals surface area contributed by atoms with Crippen molar-refractivity contribution >= 4 is 35.9 Å². The van der Waals surface area contributed by atoms with Crippen LogP contribution in [-0.2, 0) is 24.0 Å². The predicted molar refractivity (Wildman–Crippen MR) is 364 cm³/mol. The van der Waals surface area contributed by atoms with Crippen molar-refractivity contribution in [3.63, 3.8) is 0 Å². The van der Waals surface area contributed by atoms with Crippen molar-refractivity contribution in [2.75, 3.05) is 28.7 Å². The molecule has 0 amide bonds. The molecule has 0 saturated carbocycles. The van der Waals surface area contributed by atoms with Crippen molar-refractivity contribution in [1.82, 2.24) is 0 Å². The number of alkyl halides is 18. The Labute approximate surface area is 601 Å². The first-order valence-corrected chi connectivity index (χ1v) is 32.9. The maximum absolute atomic E-state index is 13.5. The molecule has 4 heterocycles. The molecule has 566 valence electrons. The van der Waals surface area contributed by atoms with E-state index in [1.165, 1.54) is 53.4 Å². The molecule has 5 unspecified atom stereocenters. The minimum absolute atomic E-state index is 0. The number of fused-ring (bicyclic) bond motifs is 3. The SMILES string of the molecule is FC(F)(F)C1CO1.O=Cc1cccc(-c2cccc3c2CCC(c2cccc(OC(F)(F)C(F)F)c2)N3)c1.O=Cc1cccc(-c2cccc3c2CCC(c2cccc(OC(F)(F)C(F)F)c2)N3)c1.O=Cc1cccc(-c2cccc3c2CCC(c2cccc(OC(F)(F)C(F)F)c2)N3CC(O)C(F)(F)F)c1.[HH]. The topological polar surface area (TPSA) is 139 Å². The molecule has 11 nitrogen and oxygen atoms in total. The van der Waals surface area contributed by atoms with Crippen molar-refractivity contribution in [3.05, 3.63) is 250 Å². The smallest absolute Gasteiger partial charge is 0.428 e. The van der Waals surface area contributed by atoms with Gasteiger partial charge in [0, 0.05) is 35.2 Å². The largest absolute Gasteiger partial charge is 0.461 e. The molecule has 9 aromatic carbocycles. The van der Waals surface area contributed by atoms with Crippen LogP contribution in [-0.4, -0.2) is 99.3 Å². The molecule has 3 N–H and O–H groups in total. The number of anilines is 3. The van der Waals surface area contributed by atoms with Crippen molar-refractivity contribution in [3.8, 4) is 50.6 Å². The lowest BCUT2D eigenvalue weighted by Crippen LogP contribution is -2.44. The fourth-order valence-electron chi connectivity index (χ4n) is 12.5. The molecule has 13 rings (SSSR count). The molecule has 1 fully saturated rings. The van der Waals surface area contributed by atoms with Crippen molar-refractivity contribution < 1.29 is 119 Å². The van der Waals surface area contributed by atoms with Crippen molar-refractivity contribution in [1.29, 1.82) is 0 Å². The average Bonchev–Trinajstić information content (AvgIpc) is 0.759. The first kappa shape index (κ1) is 79.0. The highest BCUT2D eigenvalue weighted by Crippen LogP contribution is 2.47. The number of β-amino-alcohol motifs (C(OH)–C–C–N with tert-alkyl or cyclic N) is 1. The number of ether oxygens (including phenoxy) is 4. The fourth-order valence-corrected chi connectivity index (χ4v) is 12.5. The molecule has 0 aliphatic carbocycles. The number of nitrogens with zero attached hydrogens (tertiary/aromatic N) is 1. The van der Waals surface area contributed by atoms with Gasteiger partial charge in [-0.15, -0.1) is 0 Å². The van der Waals surface area contributed by atoms with E-state index in [1.54, 1.807) is 66.7 Å². The Morgan fingerprint density at radius 2 is 0.794 bits per heavy atom. The van der Waals surface area contributed by atoms with Gasteiger partial charge < -0.3 is 39.6 Å². The number of aliphatic hydroxyl groups excluding tert-OH is 1. The Bertz CT molecular complexity index is 4410. The summed E-state index contributed by atoms with van der Waals surface area (Å²) in [7, 11) is 0. The van der Waals surface area contributed by atoms with Gasteiger partial charge in [0.1, 0.15) is 36.1 Å². The quantitative estimate of drug-likeness (QED) is 0.0382. The summed E-state index contributed by atoms with van der Waals surface area (Å²) < 4.78 is 245. The van der Waals surface area contributed by atoms with Gasteiger partial charge in [-0.05, 0) is 178 Å².